The Morgan fingerprint density at radius 3 is 2.90 bits per heavy atom. The van der Waals surface area contributed by atoms with Gasteiger partial charge in [-0.15, -0.1) is 0 Å². The van der Waals surface area contributed by atoms with E-state index < -0.39 is 0 Å². The van der Waals surface area contributed by atoms with Crippen LogP contribution in [0.3, 0.4) is 0 Å². The number of methoxy groups -OCH3 is 1. The lowest BCUT2D eigenvalue weighted by molar-refractivity contribution is 0.177. The fourth-order valence-electron chi connectivity index (χ4n) is 3.60. The second-order valence-electron chi connectivity index (χ2n) is 6.32. The second-order valence-corrected chi connectivity index (χ2v) is 6.32. The quantitative estimate of drug-likeness (QED) is 0.886. The lowest BCUT2D eigenvalue weighted by Gasteiger charge is -2.27. The zero-order chi connectivity index (χ0) is 13.9. The van der Waals surface area contributed by atoms with Crippen LogP contribution in [0.2, 0.25) is 0 Å². The molecule has 0 amide bonds. The Morgan fingerprint density at radius 2 is 2.15 bits per heavy atom. The molecule has 0 spiro atoms. The summed E-state index contributed by atoms with van der Waals surface area (Å²) in [6.07, 6.45) is 6.55. The topological polar surface area (TPSA) is 41.5 Å². The van der Waals surface area contributed by atoms with Gasteiger partial charge in [0, 0.05) is 6.04 Å². The SMILES string of the molecule is COc1ccc2c(c1)CC(NCC1CCC(O)C1)CC2. The molecular formula is C17H25NO2. The lowest BCUT2D eigenvalue weighted by Crippen LogP contribution is -2.37. The van der Waals surface area contributed by atoms with Crippen LogP contribution in [0.1, 0.15) is 36.8 Å². The summed E-state index contributed by atoms with van der Waals surface area (Å²) in [4.78, 5) is 0. The normalized spacial score (nSPS) is 29.2. The van der Waals surface area contributed by atoms with E-state index in [0.717, 1.165) is 38.0 Å². The molecule has 3 nitrogen and oxygen atoms in total. The van der Waals surface area contributed by atoms with E-state index in [-0.39, 0.29) is 6.10 Å². The first-order chi connectivity index (χ1) is 9.74. The van der Waals surface area contributed by atoms with Crippen molar-refractivity contribution in [2.75, 3.05) is 13.7 Å². The van der Waals surface area contributed by atoms with Gasteiger partial charge in [0.25, 0.3) is 0 Å². The zero-order valence-corrected chi connectivity index (χ0v) is 12.3. The highest BCUT2D eigenvalue weighted by Crippen LogP contribution is 2.27. The Hall–Kier alpha value is -1.06. The number of ether oxygens (including phenoxy) is 1. The molecule has 0 bridgehead atoms. The number of aliphatic hydroxyl groups is 1. The van der Waals surface area contributed by atoms with Gasteiger partial charge in [0.15, 0.2) is 0 Å². The number of hydrogen-bond acceptors (Lipinski definition) is 3. The van der Waals surface area contributed by atoms with Crippen molar-refractivity contribution in [2.45, 2.75) is 50.7 Å². The highest BCUT2D eigenvalue weighted by atomic mass is 16.5. The minimum atomic E-state index is -0.0573. The van der Waals surface area contributed by atoms with Crippen molar-refractivity contribution >= 4 is 0 Å². The van der Waals surface area contributed by atoms with Crippen molar-refractivity contribution in [3.63, 3.8) is 0 Å². The van der Waals surface area contributed by atoms with E-state index in [0.29, 0.717) is 12.0 Å². The molecule has 110 valence electrons. The number of aliphatic hydroxyl groups excluding tert-OH is 1. The first-order valence-corrected chi connectivity index (χ1v) is 7.82. The highest BCUT2D eigenvalue weighted by Gasteiger charge is 2.24. The number of aryl methyl sites for hydroxylation is 1. The first kappa shape index (κ1) is 13.9. The number of rotatable bonds is 4. The molecule has 2 aliphatic carbocycles. The zero-order valence-electron chi connectivity index (χ0n) is 12.3. The summed E-state index contributed by atoms with van der Waals surface area (Å²) in [6, 6.07) is 7.03. The minimum absolute atomic E-state index is 0.0573. The molecule has 2 aliphatic rings. The third-order valence-corrected chi connectivity index (χ3v) is 4.85. The van der Waals surface area contributed by atoms with Crippen molar-refractivity contribution in [2.24, 2.45) is 5.92 Å². The summed E-state index contributed by atoms with van der Waals surface area (Å²) in [5.74, 6) is 1.63. The molecule has 0 aromatic heterocycles. The van der Waals surface area contributed by atoms with E-state index in [2.05, 4.69) is 23.5 Å². The van der Waals surface area contributed by atoms with Crippen molar-refractivity contribution in [3.05, 3.63) is 29.3 Å². The fraction of sp³-hybridized carbons (Fsp3) is 0.647. The summed E-state index contributed by atoms with van der Waals surface area (Å²) in [5.41, 5.74) is 2.90. The van der Waals surface area contributed by atoms with E-state index in [1.807, 2.05) is 0 Å². The lowest BCUT2D eigenvalue weighted by atomic mass is 9.88. The van der Waals surface area contributed by atoms with Crippen molar-refractivity contribution < 1.29 is 9.84 Å². The van der Waals surface area contributed by atoms with Crippen LogP contribution in [0.15, 0.2) is 18.2 Å². The molecule has 1 fully saturated rings. The molecule has 0 radical (unpaired) electrons. The average molecular weight is 275 g/mol. The average Bonchev–Trinajstić information content (AvgIpc) is 2.90. The number of hydrogen-bond donors (Lipinski definition) is 2. The number of benzene rings is 1. The van der Waals surface area contributed by atoms with Gasteiger partial charge >= 0.3 is 0 Å². The molecule has 0 heterocycles. The monoisotopic (exact) mass is 275 g/mol. The Labute approximate surface area is 121 Å². The molecular weight excluding hydrogens is 250 g/mol. The molecule has 3 unspecified atom stereocenters. The Balaban J connectivity index is 1.55. The first-order valence-electron chi connectivity index (χ1n) is 7.82. The van der Waals surface area contributed by atoms with Gasteiger partial charge in [0.1, 0.15) is 5.75 Å². The van der Waals surface area contributed by atoms with E-state index in [1.54, 1.807) is 7.11 Å². The standard InChI is InChI=1S/C17H25NO2/c1-20-17-7-4-13-3-5-15(9-14(13)10-17)18-11-12-2-6-16(19)8-12/h4,7,10,12,15-16,18-19H,2-3,5-6,8-9,11H2,1H3. The fourth-order valence-corrected chi connectivity index (χ4v) is 3.60. The molecule has 3 atom stereocenters. The van der Waals surface area contributed by atoms with E-state index >= 15 is 0 Å². The molecule has 0 saturated heterocycles. The number of fused-ring (bicyclic) bond motifs is 1. The molecule has 1 aromatic rings. The van der Waals surface area contributed by atoms with E-state index in [1.165, 1.54) is 24.0 Å². The van der Waals surface area contributed by atoms with Gasteiger partial charge in [-0.05, 0) is 74.2 Å². The highest BCUT2D eigenvalue weighted by molar-refractivity contribution is 5.37. The molecule has 0 aliphatic heterocycles. The summed E-state index contributed by atoms with van der Waals surface area (Å²) >= 11 is 0. The van der Waals surface area contributed by atoms with Crippen LogP contribution in [0.5, 0.6) is 5.75 Å². The number of nitrogens with one attached hydrogen (secondary N) is 1. The van der Waals surface area contributed by atoms with Crippen LogP contribution in [-0.4, -0.2) is 30.9 Å². The third-order valence-electron chi connectivity index (χ3n) is 4.85. The molecule has 20 heavy (non-hydrogen) atoms. The smallest absolute Gasteiger partial charge is 0.119 e. The predicted octanol–water partition coefficient (Wildman–Crippen LogP) is 2.30. The van der Waals surface area contributed by atoms with Gasteiger partial charge in [0.2, 0.25) is 0 Å². The van der Waals surface area contributed by atoms with E-state index in [9.17, 15) is 5.11 Å². The summed E-state index contributed by atoms with van der Waals surface area (Å²) in [5, 5.41) is 13.3. The van der Waals surface area contributed by atoms with Gasteiger partial charge in [0.05, 0.1) is 13.2 Å². The summed E-state index contributed by atoms with van der Waals surface area (Å²) in [7, 11) is 1.73. The van der Waals surface area contributed by atoms with Crippen molar-refractivity contribution in [1.82, 2.24) is 5.32 Å². The van der Waals surface area contributed by atoms with Crippen LogP contribution < -0.4 is 10.1 Å². The maximum Gasteiger partial charge on any atom is 0.119 e. The van der Waals surface area contributed by atoms with Crippen LogP contribution in [0.25, 0.3) is 0 Å². The van der Waals surface area contributed by atoms with Crippen LogP contribution in [0.4, 0.5) is 0 Å². The molecule has 2 N–H and O–H groups in total. The van der Waals surface area contributed by atoms with Gasteiger partial charge in [-0.25, -0.2) is 0 Å². The molecule has 1 aromatic carbocycles. The Morgan fingerprint density at radius 1 is 1.25 bits per heavy atom. The van der Waals surface area contributed by atoms with E-state index in [4.69, 9.17) is 4.74 Å². The van der Waals surface area contributed by atoms with Crippen molar-refractivity contribution in [1.29, 1.82) is 0 Å². The molecule has 3 rings (SSSR count). The van der Waals surface area contributed by atoms with Crippen LogP contribution in [-0.2, 0) is 12.8 Å². The maximum absolute atomic E-state index is 9.58. The molecule has 3 heteroatoms. The summed E-state index contributed by atoms with van der Waals surface area (Å²) < 4.78 is 5.32. The van der Waals surface area contributed by atoms with Crippen LogP contribution >= 0.6 is 0 Å². The molecule has 1 saturated carbocycles. The summed E-state index contributed by atoms with van der Waals surface area (Å²) in [6.45, 7) is 1.06. The van der Waals surface area contributed by atoms with Crippen molar-refractivity contribution in [3.8, 4) is 5.75 Å². The largest absolute Gasteiger partial charge is 0.497 e. The predicted molar refractivity (Wildman–Crippen MR) is 80.2 cm³/mol. The maximum atomic E-state index is 9.58. The van der Waals surface area contributed by atoms with Gasteiger partial charge < -0.3 is 15.2 Å². The Kier molecular flexibility index (Phi) is 4.27. The minimum Gasteiger partial charge on any atom is -0.497 e. The van der Waals surface area contributed by atoms with Gasteiger partial charge in [-0.3, -0.25) is 0 Å². The second kappa shape index (κ2) is 6.15. The van der Waals surface area contributed by atoms with Gasteiger partial charge in [-0.1, -0.05) is 6.07 Å². The Bertz CT molecular complexity index is 460. The third kappa shape index (κ3) is 3.15. The van der Waals surface area contributed by atoms with Gasteiger partial charge in [-0.2, -0.15) is 0 Å². The van der Waals surface area contributed by atoms with Crippen LogP contribution in [0, 0.1) is 5.92 Å².